The minimum absolute atomic E-state index is 0.00913. The molecule has 10 nitrogen and oxygen atoms in total. The van der Waals surface area contributed by atoms with Crippen molar-refractivity contribution in [2.24, 2.45) is 7.05 Å². The Morgan fingerprint density at radius 3 is 2.36 bits per heavy atom. The lowest BCUT2D eigenvalue weighted by Gasteiger charge is -2.10. The van der Waals surface area contributed by atoms with Gasteiger partial charge in [-0.1, -0.05) is 18.3 Å². The molecule has 0 unspecified atom stereocenters. The average Bonchev–Trinajstić information content (AvgIpc) is 3.19. The summed E-state index contributed by atoms with van der Waals surface area (Å²) in [6, 6.07) is 0. The van der Waals surface area contributed by atoms with Crippen LogP contribution in [0.4, 0.5) is 10.8 Å². The van der Waals surface area contributed by atoms with Crippen molar-refractivity contribution >= 4 is 39.9 Å². The molecule has 2 aromatic heterocycles. The number of aryl methyl sites for hydroxylation is 2. The molecule has 0 radical (unpaired) electrons. The van der Waals surface area contributed by atoms with E-state index in [0.29, 0.717) is 16.5 Å². The smallest absolute Gasteiger partial charge is 0.276 e. The van der Waals surface area contributed by atoms with Gasteiger partial charge in [-0.05, 0) is 13.3 Å². The highest BCUT2D eigenvalue weighted by molar-refractivity contribution is 7.15. The Morgan fingerprint density at radius 1 is 1.11 bits per heavy atom. The summed E-state index contributed by atoms with van der Waals surface area (Å²) in [7, 11) is 4.92. The lowest BCUT2D eigenvalue weighted by molar-refractivity contribution is -0.121. The molecule has 2 N–H and O–H groups in total. The number of hydrogen-bond donors (Lipinski definition) is 2. The van der Waals surface area contributed by atoms with Gasteiger partial charge in [0.25, 0.3) is 5.91 Å². The number of carbonyl (C=O) groups is 3. The molecule has 152 valence electrons. The largest absolute Gasteiger partial charge is 0.343 e. The minimum atomic E-state index is -0.372. The predicted molar refractivity (Wildman–Crippen MR) is 106 cm³/mol. The summed E-state index contributed by atoms with van der Waals surface area (Å²) in [5.41, 5.74) is 1.18. The van der Waals surface area contributed by atoms with Crippen LogP contribution < -0.4 is 10.6 Å². The number of anilines is 2. The third-order valence-corrected chi connectivity index (χ3v) is 4.86. The molecule has 0 aliphatic carbocycles. The Labute approximate surface area is 167 Å². The highest BCUT2D eigenvalue weighted by Gasteiger charge is 2.22. The Hall–Kier alpha value is -2.82. The Bertz CT molecular complexity index is 872. The quantitative estimate of drug-likeness (QED) is 0.685. The molecule has 3 amide bonds. The molecule has 0 aliphatic heterocycles. The highest BCUT2D eigenvalue weighted by Crippen LogP contribution is 2.21. The van der Waals surface area contributed by atoms with Crippen LogP contribution in [0.5, 0.6) is 0 Å². The monoisotopic (exact) mass is 407 g/mol. The van der Waals surface area contributed by atoms with Gasteiger partial charge < -0.3 is 15.5 Å². The SMILES string of the molecule is CCCc1nnc(NC(=O)CCC(=O)Nc2c(C(=O)N(C)C)nn(C)c2C)s1. The molecule has 2 heterocycles. The third kappa shape index (κ3) is 5.35. The number of amides is 3. The zero-order valence-electron chi connectivity index (χ0n) is 16.7. The van der Waals surface area contributed by atoms with Gasteiger partial charge in [-0.3, -0.25) is 19.1 Å². The van der Waals surface area contributed by atoms with E-state index in [4.69, 9.17) is 0 Å². The lowest BCUT2D eigenvalue weighted by Crippen LogP contribution is -2.24. The molecule has 2 rings (SSSR count). The molecule has 0 atom stereocenters. The molecule has 0 saturated carbocycles. The van der Waals surface area contributed by atoms with Crippen LogP contribution in [-0.4, -0.2) is 56.7 Å². The first kappa shape index (κ1) is 21.5. The van der Waals surface area contributed by atoms with Gasteiger partial charge in [0.15, 0.2) is 5.69 Å². The molecule has 0 saturated heterocycles. The van der Waals surface area contributed by atoms with E-state index in [0.717, 1.165) is 17.8 Å². The second-order valence-corrected chi connectivity index (χ2v) is 7.54. The van der Waals surface area contributed by atoms with Crippen LogP contribution in [0.3, 0.4) is 0 Å². The van der Waals surface area contributed by atoms with Crippen molar-refractivity contribution in [3.05, 3.63) is 16.4 Å². The van der Waals surface area contributed by atoms with Gasteiger partial charge in [-0.2, -0.15) is 5.10 Å². The molecule has 28 heavy (non-hydrogen) atoms. The van der Waals surface area contributed by atoms with Crippen LogP contribution in [0.2, 0.25) is 0 Å². The maximum atomic E-state index is 12.3. The molecule has 0 aliphatic rings. The van der Waals surface area contributed by atoms with Crippen molar-refractivity contribution < 1.29 is 14.4 Å². The van der Waals surface area contributed by atoms with Crippen LogP contribution in [0, 0.1) is 6.92 Å². The summed E-state index contributed by atoms with van der Waals surface area (Å²) in [6.45, 7) is 3.80. The van der Waals surface area contributed by atoms with Gasteiger partial charge >= 0.3 is 0 Å². The first-order valence-electron chi connectivity index (χ1n) is 8.90. The molecule has 0 bridgehead atoms. The van der Waals surface area contributed by atoms with Crippen molar-refractivity contribution in [3.8, 4) is 0 Å². The summed E-state index contributed by atoms with van der Waals surface area (Å²) >= 11 is 1.33. The fourth-order valence-electron chi connectivity index (χ4n) is 2.35. The predicted octanol–water partition coefficient (Wildman–Crippen LogP) is 1.59. The normalized spacial score (nSPS) is 10.6. The number of aromatic nitrogens is 4. The van der Waals surface area contributed by atoms with E-state index in [1.54, 1.807) is 28.1 Å². The maximum Gasteiger partial charge on any atom is 0.276 e. The van der Waals surface area contributed by atoms with Gasteiger partial charge in [0.1, 0.15) is 5.01 Å². The number of nitrogens with one attached hydrogen (secondary N) is 2. The Balaban J connectivity index is 1.93. The van der Waals surface area contributed by atoms with Crippen LogP contribution in [-0.2, 0) is 23.1 Å². The van der Waals surface area contributed by atoms with Crippen molar-refractivity contribution in [1.82, 2.24) is 24.9 Å². The van der Waals surface area contributed by atoms with E-state index in [-0.39, 0.29) is 36.3 Å². The molecule has 0 spiro atoms. The van der Waals surface area contributed by atoms with E-state index in [9.17, 15) is 14.4 Å². The lowest BCUT2D eigenvalue weighted by atomic mass is 10.2. The molecule has 0 aromatic carbocycles. The molecule has 0 fully saturated rings. The van der Waals surface area contributed by atoms with Gasteiger partial charge in [0.05, 0.1) is 11.4 Å². The van der Waals surface area contributed by atoms with Crippen LogP contribution in [0.25, 0.3) is 0 Å². The molecule has 2 aromatic rings. The topological polar surface area (TPSA) is 122 Å². The Morgan fingerprint density at radius 2 is 1.75 bits per heavy atom. The van der Waals surface area contributed by atoms with Gasteiger partial charge in [0.2, 0.25) is 16.9 Å². The second-order valence-electron chi connectivity index (χ2n) is 6.48. The Kier molecular flexibility index (Phi) is 7.21. The second kappa shape index (κ2) is 9.40. The minimum Gasteiger partial charge on any atom is -0.343 e. The van der Waals surface area contributed by atoms with Crippen molar-refractivity contribution in [2.45, 2.75) is 39.5 Å². The zero-order chi connectivity index (χ0) is 20.8. The zero-order valence-corrected chi connectivity index (χ0v) is 17.5. The van der Waals surface area contributed by atoms with E-state index >= 15 is 0 Å². The summed E-state index contributed by atoms with van der Waals surface area (Å²) in [6.07, 6.45) is 1.73. The van der Waals surface area contributed by atoms with Crippen LogP contribution >= 0.6 is 11.3 Å². The van der Waals surface area contributed by atoms with Crippen molar-refractivity contribution in [1.29, 1.82) is 0 Å². The summed E-state index contributed by atoms with van der Waals surface area (Å²) in [4.78, 5) is 38.0. The first-order chi connectivity index (χ1) is 13.2. The van der Waals surface area contributed by atoms with Crippen LogP contribution in [0.1, 0.15) is 47.4 Å². The van der Waals surface area contributed by atoms with Gasteiger partial charge in [-0.25, -0.2) is 0 Å². The molecule has 11 heteroatoms. The standard InChI is InChI=1S/C17H25N7O3S/c1-6-7-13-20-21-17(28-13)19-12(26)9-8-11(25)18-14-10(2)24(5)22-15(14)16(27)23(3)4/h6-9H2,1-5H3,(H,18,25)(H,19,21,26). The van der Waals surface area contributed by atoms with E-state index < -0.39 is 0 Å². The summed E-state index contributed by atoms with van der Waals surface area (Å²) in [5.74, 6) is -0.999. The maximum absolute atomic E-state index is 12.3. The highest BCUT2D eigenvalue weighted by atomic mass is 32.1. The average molecular weight is 408 g/mol. The van der Waals surface area contributed by atoms with Crippen LogP contribution in [0.15, 0.2) is 0 Å². The number of carbonyl (C=O) groups excluding carboxylic acids is 3. The molecular weight excluding hydrogens is 382 g/mol. The van der Waals surface area contributed by atoms with E-state index in [2.05, 4.69) is 25.9 Å². The fraction of sp³-hybridized carbons (Fsp3) is 0.529. The summed E-state index contributed by atoms with van der Waals surface area (Å²) < 4.78 is 1.53. The van der Waals surface area contributed by atoms with E-state index in [1.807, 2.05) is 6.92 Å². The van der Waals surface area contributed by atoms with Crippen molar-refractivity contribution in [3.63, 3.8) is 0 Å². The van der Waals surface area contributed by atoms with Gasteiger partial charge in [0, 0.05) is 40.4 Å². The number of rotatable bonds is 8. The molecular formula is C17H25N7O3S. The van der Waals surface area contributed by atoms with Crippen molar-refractivity contribution in [2.75, 3.05) is 24.7 Å². The number of nitrogens with zero attached hydrogens (tertiary/aromatic N) is 5. The first-order valence-corrected chi connectivity index (χ1v) is 9.71. The van der Waals surface area contributed by atoms with Gasteiger partial charge in [-0.15, -0.1) is 10.2 Å². The van der Waals surface area contributed by atoms with E-state index in [1.165, 1.54) is 20.9 Å². The summed E-state index contributed by atoms with van der Waals surface area (Å²) in [5, 5.41) is 18.7. The fourth-order valence-corrected chi connectivity index (χ4v) is 3.21. The number of hydrogen-bond acceptors (Lipinski definition) is 7. The third-order valence-electron chi connectivity index (χ3n) is 3.96.